The van der Waals surface area contributed by atoms with Gasteiger partial charge >= 0.3 is 5.97 Å². The Hall–Kier alpha value is -1.76. The molecule has 0 aromatic carbocycles. The van der Waals surface area contributed by atoms with E-state index in [0.717, 1.165) is 12.8 Å². The number of carbonyl (C=O) groups is 1. The Morgan fingerprint density at radius 1 is 1.59 bits per heavy atom. The molecule has 0 aliphatic carbocycles. The summed E-state index contributed by atoms with van der Waals surface area (Å²) in [5.74, 6) is -0.320. The van der Waals surface area contributed by atoms with Gasteiger partial charge in [0.25, 0.3) is 0 Å². The number of rotatable bonds is 5. The van der Waals surface area contributed by atoms with Crippen molar-refractivity contribution >= 4 is 17.3 Å². The smallest absolute Gasteiger partial charge is 0.350 e. The molecular weight excluding hydrogens is 240 g/mol. The molecule has 0 aliphatic rings. The van der Waals surface area contributed by atoms with Crippen LogP contribution < -0.4 is 0 Å². The van der Waals surface area contributed by atoms with Crippen LogP contribution in [0.1, 0.15) is 29.4 Å². The van der Waals surface area contributed by atoms with Gasteiger partial charge in [-0.1, -0.05) is 13.3 Å². The lowest BCUT2D eigenvalue weighted by atomic mass is 10.3. The van der Waals surface area contributed by atoms with Crippen molar-refractivity contribution in [2.45, 2.75) is 19.8 Å². The number of hydrogen-bond donors (Lipinski definition) is 0. The van der Waals surface area contributed by atoms with Crippen molar-refractivity contribution in [2.24, 2.45) is 0 Å². The van der Waals surface area contributed by atoms with Crippen molar-refractivity contribution < 1.29 is 9.53 Å². The molecule has 0 unspecified atom stereocenters. The summed E-state index contributed by atoms with van der Waals surface area (Å²) in [5, 5.41) is 12.6. The molecule has 0 N–H and O–H groups in total. The first-order chi connectivity index (χ1) is 8.33. The van der Waals surface area contributed by atoms with E-state index in [1.54, 1.807) is 6.07 Å². The molecule has 0 spiro atoms. The van der Waals surface area contributed by atoms with Crippen LogP contribution in [0, 0.1) is 0 Å². The van der Waals surface area contributed by atoms with Gasteiger partial charge < -0.3 is 4.74 Å². The normalized spacial score (nSPS) is 10.4. The summed E-state index contributed by atoms with van der Waals surface area (Å²) in [5.41, 5.74) is 0.654. The zero-order chi connectivity index (χ0) is 12.1. The number of nitrogens with zero attached hydrogens (tertiary/aromatic N) is 4. The lowest BCUT2D eigenvalue weighted by molar-refractivity contribution is 0.0505. The number of hydrogen-bond acceptors (Lipinski definition) is 6. The topological polar surface area (TPSA) is 69.9 Å². The van der Waals surface area contributed by atoms with Crippen molar-refractivity contribution in [1.82, 2.24) is 20.2 Å². The minimum atomic E-state index is -0.320. The van der Waals surface area contributed by atoms with Gasteiger partial charge in [0.2, 0.25) is 0 Å². The Morgan fingerprint density at radius 3 is 3.18 bits per heavy atom. The van der Waals surface area contributed by atoms with Crippen LogP contribution in [-0.4, -0.2) is 32.8 Å². The molecule has 0 amide bonds. The molecule has 0 bridgehead atoms. The Kier molecular flexibility index (Phi) is 3.81. The third-order valence-electron chi connectivity index (χ3n) is 2.16. The Balaban J connectivity index is 2.11. The molecule has 2 aromatic rings. The van der Waals surface area contributed by atoms with Crippen molar-refractivity contribution in [3.05, 3.63) is 22.7 Å². The van der Waals surface area contributed by atoms with E-state index < -0.39 is 0 Å². The van der Waals surface area contributed by atoms with Crippen molar-refractivity contribution in [1.29, 1.82) is 0 Å². The lowest BCUT2D eigenvalue weighted by Gasteiger charge is -2.03. The van der Waals surface area contributed by atoms with Crippen LogP contribution in [0.25, 0.3) is 5.69 Å². The molecule has 90 valence electrons. The van der Waals surface area contributed by atoms with E-state index >= 15 is 0 Å². The summed E-state index contributed by atoms with van der Waals surface area (Å²) in [6.45, 7) is 2.49. The fourth-order valence-corrected chi connectivity index (χ4v) is 2.05. The Bertz CT molecular complexity index is 480. The third kappa shape index (κ3) is 2.68. The van der Waals surface area contributed by atoms with Crippen LogP contribution in [0.5, 0.6) is 0 Å². The first kappa shape index (κ1) is 11.7. The van der Waals surface area contributed by atoms with Crippen LogP contribution in [0.2, 0.25) is 0 Å². The molecule has 2 heterocycles. The fraction of sp³-hybridized carbons (Fsp3) is 0.400. The summed E-state index contributed by atoms with van der Waals surface area (Å²) >= 11 is 1.32. The van der Waals surface area contributed by atoms with E-state index in [1.165, 1.54) is 22.3 Å². The summed E-state index contributed by atoms with van der Waals surface area (Å²) in [7, 11) is 0. The highest BCUT2D eigenvalue weighted by Gasteiger charge is 2.16. The van der Waals surface area contributed by atoms with Gasteiger partial charge in [0, 0.05) is 0 Å². The van der Waals surface area contributed by atoms with Gasteiger partial charge in [0.05, 0.1) is 12.3 Å². The molecule has 17 heavy (non-hydrogen) atoms. The van der Waals surface area contributed by atoms with Crippen LogP contribution in [0.4, 0.5) is 0 Å². The fourth-order valence-electron chi connectivity index (χ4n) is 1.28. The molecule has 0 saturated heterocycles. The first-order valence-electron chi connectivity index (χ1n) is 5.31. The van der Waals surface area contributed by atoms with E-state index in [9.17, 15) is 4.79 Å². The molecule has 0 atom stereocenters. The number of esters is 1. The highest BCUT2D eigenvalue weighted by atomic mass is 32.1. The third-order valence-corrected chi connectivity index (χ3v) is 3.04. The molecule has 0 saturated carbocycles. The second-order valence-corrected chi connectivity index (χ2v) is 4.29. The van der Waals surface area contributed by atoms with Crippen molar-refractivity contribution in [3.8, 4) is 5.69 Å². The molecule has 2 rings (SSSR count). The summed E-state index contributed by atoms with van der Waals surface area (Å²) in [4.78, 5) is 12.3. The minimum absolute atomic E-state index is 0.320. The van der Waals surface area contributed by atoms with Gasteiger partial charge in [-0.3, -0.25) is 0 Å². The van der Waals surface area contributed by atoms with Crippen molar-refractivity contribution in [3.63, 3.8) is 0 Å². The minimum Gasteiger partial charge on any atom is -0.461 e. The second kappa shape index (κ2) is 5.53. The maximum atomic E-state index is 11.8. The largest absolute Gasteiger partial charge is 0.461 e. The van der Waals surface area contributed by atoms with E-state index in [4.69, 9.17) is 4.74 Å². The lowest BCUT2D eigenvalue weighted by Crippen LogP contribution is -2.08. The molecule has 2 aromatic heterocycles. The van der Waals surface area contributed by atoms with Crippen molar-refractivity contribution in [2.75, 3.05) is 6.61 Å². The van der Waals surface area contributed by atoms with E-state index in [2.05, 4.69) is 15.5 Å². The Labute approximate surface area is 102 Å². The van der Waals surface area contributed by atoms with E-state index in [0.29, 0.717) is 17.2 Å². The van der Waals surface area contributed by atoms with Gasteiger partial charge in [-0.05, 0) is 28.3 Å². The number of tetrazole rings is 1. The number of thiophene rings is 1. The van der Waals surface area contributed by atoms with Crippen LogP contribution in [0.3, 0.4) is 0 Å². The van der Waals surface area contributed by atoms with E-state index in [-0.39, 0.29) is 5.97 Å². The second-order valence-electron chi connectivity index (χ2n) is 3.38. The van der Waals surface area contributed by atoms with Gasteiger partial charge in [-0.15, -0.1) is 16.4 Å². The highest BCUT2D eigenvalue weighted by Crippen LogP contribution is 2.20. The standard InChI is InChI=1S/C10H12N4O2S/c1-2-3-5-16-10(15)9-8(4-6-17-9)14-7-11-12-13-14/h4,6-7H,2-3,5H2,1H3. The summed E-state index contributed by atoms with van der Waals surface area (Å²) in [6.07, 6.45) is 3.32. The van der Waals surface area contributed by atoms with Gasteiger partial charge in [-0.25, -0.2) is 4.79 Å². The molecule has 0 radical (unpaired) electrons. The molecule has 6 nitrogen and oxygen atoms in total. The SMILES string of the molecule is CCCCOC(=O)c1sccc1-n1cnnn1. The monoisotopic (exact) mass is 252 g/mol. The first-order valence-corrected chi connectivity index (χ1v) is 6.19. The Morgan fingerprint density at radius 2 is 2.47 bits per heavy atom. The maximum absolute atomic E-state index is 11.8. The summed E-state index contributed by atoms with van der Waals surface area (Å²) < 4.78 is 6.61. The van der Waals surface area contributed by atoms with Gasteiger partial charge in [0.1, 0.15) is 11.2 Å². The zero-order valence-corrected chi connectivity index (χ0v) is 10.2. The van der Waals surface area contributed by atoms with Crippen LogP contribution >= 0.6 is 11.3 Å². The van der Waals surface area contributed by atoms with Gasteiger partial charge in [-0.2, -0.15) is 4.68 Å². The zero-order valence-electron chi connectivity index (χ0n) is 9.37. The molecule has 0 fully saturated rings. The maximum Gasteiger partial charge on any atom is 0.350 e. The number of ether oxygens (including phenoxy) is 1. The number of aromatic nitrogens is 4. The molecule has 7 heteroatoms. The quantitative estimate of drug-likeness (QED) is 0.598. The highest BCUT2D eigenvalue weighted by molar-refractivity contribution is 7.12. The average molecular weight is 252 g/mol. The average Bonchev–Trinajstić information content (AvgIpc) is 2.99. The van der Waals surface area contributed by atoms with Crippen LogP contribution in [0.15, 0.2) is 17.8 Å². The molecule has 0 aliphatic heterocycles. The van der Waals surface area contributed by atoms with E-state index in [1.807, 2.05) is 12.3 Å². The number of unbranched alkanes of at least 4 members (excludes halogenated alkanes) is 1. The summed E-state index contributed by atoms with van der Waals surface area (Å²) in [6, 6.07) is 1.79. The van der Waals surface area contributed by atoms with Crippen LogP contribution in [-0.2, 0) is 4.74 Å². The predicted octanol–water partition coefficient (Wildman–Crippen LogP) is 1.68. The predicted molar refractivity (Wildman–Crippen MR) is 62.2 cm³/mol. The molecular formula is C10H12N4O2S. The van der Waals surface area contributed by atoms with Gasteiger partial charge in [0.15, 0.2) is 0 Å². The number of carbonyl (C=O) groups excluding carboxylic acids is 1.